The Morgan fingerprint density at radius 1 is 1.25 bits per heavy atom. The maximum Gasteiger partial charge on any atom is 0.194 e. The van der Waals surface area contributed by atoms with E-state index in [2.05, 4.69) is 39.3 Å². The number of nitrogens with one attached hydrogen (secondary N) is 1. The minimum atomic E-state index is 0.171. The van der Waals surface area contributed by atoms with E-state index in [0.717, 1.165) is 62.2 Å². The summed E-state index contributed by atoms with van der Waals surface area (Å²) >= 11 is 0. The van der Waals surface area contributed by atoms with Crippen molar-refractivity contribution in [3.05, 3.63) is 47.9 Å². The van der Waals surface area contributed by atoms with Gasteiger partial charge in [0.25, 0.3) is 0 Å². The van der Waals surface area contributed by atoms with Gasteiger partial charge in [-0.15, -0.1) is 0 Å². The fourth-order valence-corrected chi connectivity index (χ4v) is 3.25. The Balaban J connectivity index is 1.57. The molecule has 3 rings (SSSR count). The van der Waals surface area contributed by atoms with Crippen LogP contribution in [0.15, 0.2) is 46.1 Å². The van der Waals surface area contributed by atoms with E-state index >= 15 is 0 Å². The molecule has 0 bridgehead atoms. The van der Waals surface area contributed by atoms with Gasteiger partial charge in [0.1, 0.15) is 12.0 Å². The van der Waals surface area contributed by atoms with Crippen LogP contribution < -0.4 is 10.1 Å². The van der Waals surface area contributed by atoms with Gasteiger partial charge in [0.15, 0.2) is 5.96 Å². The van der Waals surface area contributed by atoms with E-state index in [1.165, 1.54) is 0 Å². The second kappa shape index (κ2) is 10.1. The molecule has 152 valence electrons. The molecule has 0 atom stereocenters. The molecule has 0 aliphatic carbocycles. The zero-order valence-electron chi connectivity index (χ0n) is 17.1. The number of hydrogen-bond acceptors (Lipinski definition) is 5. The number of guanidine groups is 1. The van der Waals surface area contributed by atoms with Gasteiger partial charge < -0.3 is 19.5 Å². The van der Waals surface area contributed by atoms with Crippen LogP contribution in [0.1, 0.15) is 32.0 Å². The van der Waals surface area contributed by atoms with E-state index in [9.17, 15) is 0 Å². The Hall–Kier alpha value is -2.54. The third-order valence-electron chi connectivity index (χ3n) is 4.57. The first-order chi connectivity index (χ1) is 13.6. The molecule has 1 N–H and O–H groups in total. The maximum absolute atomic E-state index is 5.79. The molecular formula is C21H31N5O2. The van der Waals surface area contributed by atoms with Crippen LogP contribution in [0.3, 0.4) is 0 Å². The Kier molecular flexibility index (Phi) is 7.31. The summed E-state index contributed by atoms with van der Waals surface area (Å²) < 4.78 is 10.7. The number of nitrogens with zero attached hydrogens (tertiary/aromatic N) is 4. The summed E-state index contributed by atoms with van der Waals surface area (Å²) in [5, 5.41) is 7.43. The highest BCUT2D eigenvalue weighted by Gasteiger charge is 2.20. The smallest absolute Gasteiger partial charge is 0.194 e. The largest absolute Gasteiger partial charge is 0.491 e. The predicted molar refractivity (Wildman–Crippen MR) is 110 cm³/mol. The fraction of sp³-hybridized carbons (Fsp3) is 0.524. The summed E-state index contributed by atoms with van der Waals surface area (Å²) in [6.07, 6.45) is 1.80. The summed E-state index contributed by atoms with van der Waals surface area (Å²) in [4.78, 5) is 9.58. The van der Waals surface area contributed by atoms with Gasteiger partial charge in [-0.05, 0) is 38.5 Å². The SMILES string of the molecule is CCNC(=NCc1cccc(OC(C)C)c1)N1CCN(Cc2ccon2)CC1. The Morgan fingerprint density at radius 3 is 2.75 bits per heavy atom. The monoisotopic (exact) mass is 385 g/mol. The Morgan fingerprint density at radius 2 is 2.07 bits per heavy atom. The lowest BCUT2D eigenvalue weighted by Gasteiger charge is -2.36. The molecule has 1 saturated heterocycles. The number of aliphatic imine (C=N–C) groups is 1. The van der Waals surface area contributed by atoms with Crippen molar-refractivity contribution < 1.29 is 9.26 Å². The predicted octanol–water partition coefficient (Wildman–Crippen LogP) is 2.75. The van der Waals surface area contributed by atoms with Crippen LogP contribution in [0.2, 0.25) is 0 Å². The van der Waals surface area contributed by atoms with Gasteiger partial charge in [0, 0.05) is 45.3 Å². The van der Waals surface area contributed by atoms with Gasteiger partial charge in [-0.1, -0.05) is 17.3 Å². The topological polar surface area (TPSA) is 66.1 Å². The lowest BCUT2D eigenvalue weighted by molar-refractivity contribution is 0.169. The van der Waals surface area contributed by atoms with Crippen molar-refractivity contribution in [1.29, 1.82) is 0 Å². The molecule has 2 heterocycles. The zero-order valence-corrected chi connectivity index (χ0v) is 17.1. The molecule has 0 spiro atoms. The first kappa shape index (κ1) is 20.2. The molecule has 0 saturated carbocycles. The second-order valence-electron chi connectivity index (χ2n) is 7.24. The van der Waals surface area contributed by atoms with Gasteiger partial charge in [0.2, 0.25) is 0 Å². The van der Waals surface area contributed by atoms with Crippen LogP contribution in [-0.4, -0.2) is 59.7 Å². The number of ether oxygens (including phenoxy) is 1. The number of benzene rings is 1. The van der Waals surface area contributed by atoms with Crippen molar-refractivity contribution in [2.24, 2.45) is 4.99 Å². The number of rotatable bonds is 7. The molecule has 0 unspecified atom stereocenters. The summed E-state index contributed by atoms with van der Waals surface area (Å²) in [7, 11) is 0. The van der Waals surface area contributed by atoms with Crippen LogP contribution in [0.4, 0.5) is 0 Å². The quantitative estimate of drug-likeness (QED) is 0.584. The summed E-state index contributed by atoms with van der Waals surface area (Å²) in [6.45, 7) is 12.4. The molecule has 7 heteroatoms. The van der Waals surface area contributed by atoms with E-state index < -0.39 is 0 Å². The van der Waals surface area contributed by atoms with Crippen molar-refractivity contribution in [3.8, 4) is 5.75 Å². The Labute approximate surface area is 167 Å². The van der Waals surface area contributed by atoms with Gasteiger partial charge in [0.05, 0.1) is 18.3 Å². The first-order valence-electron chi connectivity index (χ1n) is 10.0. The van der Waals surface area contributed by atoms with Crippen LogP contribution in [0.25, 0.3) is 0 Å². The van der Waals surface area contributed by atoms with Crippen LogP contribution >= 0.6 is 0 Å². The molecule has 1 aromatic heterocycles. The second-order valence-corrected chi connectivity index (χ2v) is 7.24. The maximum atomic E-state index is 5.79. The van der Waals surface area contributed by atoms with Gasteiger partial charge >= 0.3 is 0 Å². The van der Waals surface area contributed by atoms with Crippen molar-refractivity contribution in [1.82, 2.24) is 20.3 Å². The average molecular weight is 386 g/mol. The zero-order chi connectivity index (χ0) is 19.8. The van der Waals surface area contributed by atoms with Gasteiger partial charge in [-0.3, -0.25) is 4.90 Å². The number of piperazine rings is 1. The van der Waals surface area contributed by atoms with Gasteiger partial charge in [-0.25, -0.2) is 4.99 Å². The van der Waals surface area contributed by atoms with E-state index in [0.29, 0.717) is 6.54 Å². The highest BCUT2D eigenvalue weighted by molar-refractivity contribution is 5.80. The average Bonchev–Trinajstić information content (AvgIpc) is 3.19. The summed E-state index contributed by atoms with van der Waals surface area (Å²) in [5.74, 6) is 1.87. The van der Waals surface area contributed by atoms with E-state index in [1.54, 1.807) is 6.26 Å². The van der Waals surface area contributed by atoms with Crippen molar-refractivity contribution >= 4 is 5.96 Å². The van der Waals surface area contributed by atoms with Crippen LogP contribution in [0, 0.1) is 0 Å². The summed E-state index contributed by atoms with van der Waals surface area (Å²) in [6, 6.07) is 10.1. The number of hydrogen-bond donors (Lipinski definition) is 1. The fourth-order valence-electron chi connectivity index (χ4n) is 3.25. The van der Waals surface area contributed by atoms with Gasteiger partial charge in [-0.2, -0.15) is 0 Å². The molecule has 1 aliphatic heterocycles. The van der Waals surface area contributed by atoms with E-state index in [4.69, 9.17) is 14.3 Å². The first-order valence-corrected chi connectivity index (χ1v) is 10.0. The van der Waals surface area contributed by atoms with Crippen molar-refractivity contribution in [2.75, 3.05) is 32.7 Å². The molecule has 2 aromatic rings. The molecule has 1 aromatic carbocycles. The molecule has 0 radical (unpaired) electrons. The number of aromatic nitrogens is 1. The lowest BCUT2D eigenvalue weighted by Crippen LogP contribution is -2.52. The third-order valence-corrected chi connectivity index (χ3v) is 4.57. The highest BCUT2D eigenvalue weighted by Crippen LogP contribution is 2.16. The molecule has 1 aliphatic rings. The third kappa shape index (κ3) is 5.99. The molecule has 28 heavy (non-hydrogen) atoms. The van der Waals surface area contributed by atoms with Crippen LogP contribution in [-0.2, 0) is 13.1 Å². The molecule has 0 amide bonds. The van der Waals surface area contributed by atoms with Crippen LogP contribution in [0.5, 0.6) is 5.75 Å². The minimum Gasteiger partial charge on any atom is -0.491 e. The summed E-state index contributed by atoms with van der Waals surface area (Å²) in [5.41, 5.74) is 2.13. The standard InChI is InChI=1S/C21H31N5O2/c1-4-22-21(23-15-18-6-5-7-20(14-18)28-17(2)3)26-11-9-25(10-12-26)16-19-8-13-27-24-19/h5-8,13-14,17H,4,9-12,15-16H2,1-3H3,(H,22,23). The molecule has 1 fully saturated rings. The van der Waals surface area contributed by atoms with Crippen molar-refractivity contribution in [3.63, 3.8) is 0 Å². The molecular weight excluding hydrogens is 354 g/mol. The Bertz CT molecular complexity index is 737. The van der Waals surface area contributed by atoms with E-state index in [-0.39, 0.29) is 6.10 Å². The highest BCUT2D eigenvalue weighted by atomic mass is 16.5. The minimum absolute atomic E-state index is 0.171. The van der Waals surface area contributed by atoms with E-state index in [1.807, 2.05) is 32.0 Å². The molecule has 7 nitrogen and oxygen atoms in total. The van der Waals surface area contributed by atoms with Crippen molar-refractivity contribution in [2.45, 2.75) is 40.0 Å². The lowest BCUT2D eigenvalue weighted by atomic mass is 10.2. The normalized spacial score (nSPS) is 15.9.